The molecule has 6 heteroatoms. The number of aliphatic hydroxyl groups excluding tert-OH is 1. The summed E-state index contributed by atoms with van der Waals surface area (Å²) in [7, 11) is 3.11. The van der Waals surface area contributed by atoms with E-state index in [-0.39, 0.29) is 13.2 Å². The fourth-order valence-electron chi connectivity index (χ4n) is 1.43. The number of amides is 1. The Balaban J connectivity index is 2.50. The van der Waals surface area contributed by atoms with Gasteiger partial charge in [-0.2, -0.15) is 0 Å². The van der Waals surface area contributed by atoms with E-state index in [9.17, 15) is 4.79 Å². The SMILES string of the molecule is COc1ccc(COC(=O)NCCCO)c(OC)c1. The lowest BCUT2D eigenvalue weighted by molar-refractivity contribution is 0.138. The summed E-state index contributed by atoms with van der Waals surface area (Å²) in [5.74, 6) is 1.27. The average Bonchev–Trinajstić information content (AvgIpc) is 2.45. The van der Waals surface area contributed by atoms with E-state index in [1.165, 1.54) is 0 Å². The Kier molecular flexibility index (Phi) is 6.52. The van der Waals surface area contributed by atoms with Gasteiger partial charge in [-0.25, -0.2) is 4.79 Å². The minimum absolute atomic E-state index is 0.0343. The van der Waals surface area contributed by atoms with Gasteiger partial charge in [-0.3, -0.25) is 0 Å². The highest BCUT2D eigenvalue weighted by Gasteiger charge is 2.08. The van der Waals surface area contributed by atoms with Gasteiger partial charge in [0.05, 0.1) is 14.2 Å². The van der Waals surface area contributed by atoms with Crippen LogP contribution in [0.3, 0.4) is 0 Å². The van der Waals surface area contributed by atoms with E-state index in [4.69, 9.17) is 19.3 Å². The Morgan fingerprint density at radius 1 is 1.32 bits per heavy atom. The van der Waals surface area contributed by atoms with Gasteiger partial charge in [-0.05, 0) is 18.6 Å². The number of methoxy groups -OCH3 is 2. The standard InChI is InChI=1S/C13H19NO5/c1-17-11-5-4-10(12(8-11)18-2)9-19-13(16)14-6-3-7-15/h4-5,8,15H,3,6-7,9H2,1-2H3,(H,14,16). The molecule has 1 rings (SSSR count). The van der Waals surface area contributed by atoms with E-state index >= 15 is 0 Å². The lowest BCUT2D eigenvalue weighted by Gasteiger charge is -2.11. The molecule has 19 heavy (non-hydrogen) atoms. The first-order chi connectivity index (χ1) is 9.21. The van der Waals surface area contributed by atoms with E-state index in [2.05, 4.69) is 5.32 Å². The van der Waals surface area contributed by atoms with Crippen molar-refractivity contribution in [2.75, 3.05) is 27.4 Å². The molecule has 0 heterocycles. The van der Waals surface area contributed by atoms with Gasteiger partial charge < -0.3 is 24.6 Å². The van der Waals surface area contributed by atoms with Crippen molar-refractivity contribution in [3.63, 3.8) is 0 Å². The first kappa shape index (κ1) is 15.1. The van der Waals surface area contributed by atoms with E-state index < -0.39 is 6.09 Å². The number of alkyl carbamates (subject to hydrolysis) is 1. The maximum absolute atomic E-state index is 11.3. The lowest BCUT2D eigenvalue weighted by Crippen LogP contribution is -2.25. The quantitative estimate of drug-likeness (QED) is 0.730. The second-order valence-corrected chi connectivity index (χ2v) is 3.76. The predicted octanol–water partition coefficient (Wildman–Crippen LogP) is 1.31. The molecule has 0 aliphatic rings. The van der Waals surface area contributed by atoms with Crippen LogP contribution in [0.25, 0.3) is 0 Å². The van der Waals surface area contributed by atoms with Crippen molar-refractivity contribution < 1.29 is 24.1 Å². The van der Waals surface area contributed by atoms with Crippen LogP contribution in [0.2, 0.25) is 0 Å². The largest absolute Gasteiger partial charge is 0.497 e. The molecular formula is C13H19NO5. The molecule has 1 amide bonds. The van der Waals surface area contributed by atoms with Crippen molar-refractivity contribution >= 4 is 6.09 Å². The van der Waals surface area contributed by atoms with Crippen LogP contribution in [0.1, 0.15) is 12.0 Å². The first-order valence-corrected chi connectivity index (χ1v) is 5.93. The smallest absolute Gasteiger partial charge is 0.407 e. The van der Waals surface area contributed by atoms with Crippen molar-refractivity contribution in [3.8, 4) is 11.5 Å². The predicted molar refractivity (Wildman–Crippen MR) is 69.4 cm³/mol. The van der Waals surface area contributed by atoms with Gasteiger partial charge in [0.15, 0.2) is 0 Å². The van der Waals surface area contributed by atoms with Crippen molar-refractivity contribution in [2.24, 2.45) is 0 Å². The van der Waals surface area contributed by atoms with Crippen LogP contribution in [0.4, 0.5) is 4.79 Å². The summed E-state index contributed by atoms with van der Waals surface area (Å²) in [6.07, 6.45) is -0.0210. The molecule has 1 aromatic carbocycles. The summed E-state index contributed by atoms with van der Waals surface area (Å²) in [5, 5.41) is 11.1. The van der Waals surface area contributed by atoms with Gasteiger partial charge in [0, 0.05) is 24.8 Å². The third kappa shape index (κ3) is 5.05. The fraction of sp³-hybridized carbons (Fsp3) is 0.462. The highest BCUT2D eigenvalue weighted by atomic mass is 16.5. The Bertz CT molecular complexity index is 408. The molecular weight excluding hydrogens is 250 g/mol. The topological polar surface area (TPSA) is 77.0 Å². The van der Waals surface area contributed by atoms with Crippen molar-refractivity contribution in [2.45, 2.75) is 13.0 Å². The Labute approximate surface area is 112 Å². The van der Waals surface area contributed by atoms with Crippen LogP contribution < -0.4 is 14.8 Å². The number of hydrogen-bond acceptors (Lipinski definition) is 5. The van der Waals surface area contributed by atoms with Crippen LogP contribution in [0, 0.1) is 0 Å². The monoisotopic (exact) mass is 269 g/mol. The summed E-state index contributed by atoms with van der Waals surface area (Å²) in [6.45, 7) is 0.528. The third-order valence-electron chi connectivity index (χ3n) is 2.46. The maximum Gasteiger partial charge on any atom is 0.407 e. The van der Waals surface area contributed by atoms with Gasteiger partial charge in [0.25, 0.3) is 0 Å². The Hall–Kier alpha value is -1.95. The molecule has 0 atom stereocenters. The molecule has 0 spiro atoms. The van der Waals surface area contributed by atoms with Crippen LogP contribution in [-0.4, -0.2) is 38.6 Å². The molecule has 2 N–H and O–H groups in total. The summed E-state index contributed by atoms with van der Waals surface area (Å²) >= 11 is 0. The number of benzene rings is 1. The van der Waals surface area contributed by atoms with E-state index in [1.54, 1.807) is 32.4 Å². The van der Waals surface area contributed by atoms with Gasteiger partial charge in [-0.15, -0.1) is 0 Å². The normalized spacial score (nSPS) is 9.84. The third-order valence-corrected chi connectivity index (χ3v) is 2.46. The molecule has 0 aromatic heterocycles. The summed E-state index contributed by atoms with van der Waals surface area (Å²) in [5.41, 5.74) is 0.751. The molecule has 6 nitrogen and oxygen atoms in total. The zero-order valence-corrected chi connectivity index (χ0v) is 11.1. The average molecular weight is 269 g/mol. The molecule has 0 saturated carbocycles. The fourth-order valence-corrected chi connectivity index (χ4v) is 1.43. The molecule has 0 radical (unpaired) electrons. The molecule has 106 valence electrons. The molecule has 1 aromatic rings. The Morgan fingerprint density at radius 2 is 2.11 bits per heavy atom. The minimum Gasteiger partial charge on any atom is -0.497 e. The van der Waals surface area contributed by atoms with Crippen LogP contribution in [0.15, 0.2) is 18.2 Å². The van der Waals surface area contributed by atoms with Gasteiger partial charge in [0.2, 0.25) is 0 Å². The minimum atomic E-state index is -0.522. The molecule has 0 fully saturated rings. The van der Waals surface area contributed by atoms with Gasteiger partial charge >= 0.3 is 6.09 Å². The molecule has 0 unspecified atom stereocenters. The number of carbonyl (C=O) groups is 1. The maximum atomic E-state index is 11.3. The number of ether oxygens (including phenoxy) is 3. The van der Waals surface area contributed by atoms with E-state index in [0.717, 1.165) is 5.56 Å². The van der Waals surface area contributed by atoms with E-state index in [0.29, 0.717) is 24.5 Å². The molecule has 0 aliphatic carbocycles. The molecule has 0 bridgehead atoms. The number of nitrogens with one attached hydrogen (secondary N) is 1. The highest BCUT2D eigenvalue weighted by Crippen LogP contribution is 2.25. The second kappa shape index (κ2) is 8.20. The number of hydrogen-bond donors (Lipinski definition) is 2. The van der Waals surface area contributed by atoms with Crippen LogP contribution >= 0.6 is 0 Å². The summed E-state index contributed by atoms with van der Waals surface area (Å²) in [4.78, 5) is 11.3. The van der Waals surface area contributed by atoms with Crippen molar-refractivity contribution in [3.05, 3.63) is 23.8 Å². The number of aliphatic hydroxyl groups is 1. The molecule has 0 aliphatic heterocycles. The van der Waals surface area contributed by atoms with Gasteiger partial charge in [0.1, 0.15) is 18.1 Å². The lowest BCUT2D eigenvalue weighted by atomic mass is 10.2. The first-order valence-electron chi connectivity index (χ1n) is 5.93. The van der Waals surface area contributed by atoms with Crippen LogP contribution in [0.5, 0.6) is 11.5 Å². The highest BCUT2D eigenvalue weighted by molar-refractivity contribution is 5.67. The number of rotatable bonds is 7. The van der Waals surface area contributed by atoms with Crippen molar-refractivity contribution in [1.29, 1.82) is 0 Å². The zero-order valence-electron chi connectivity index (χ0n) is 11.1. The summed E-state index contributed by atoms with van der Waals surface area (Å²) in [6, 6.07) is 5.27. The second-order valence-electron chi connectivity index (χ2n) is 3.76. The van der Waals surface area contributed by atoms with E-state index in [1.807, 2.05) is 0 Å². The summed E-state index contributed by atoms with van der Waals surface area (Å²) < 4.78 is 15.3. The van der Waals surface area contributed by atoms with Crippen LogP contribution in [-0.2, 0) is 11.3 Å². The zero-order chi connectivity index (χ0) is 14.1. The van der Waals surface area contributed by atoms with Crippen molar-refractivity contribution in [1.82, 2.24) is 5.32 Å². The van der Waals surface area contributed by atoms with Gasteiger partial charge in [-0.1, -0.05) is 0 Å². The molecule has 0 saturated heterocycles. The number of carbonyl (C=O) groups excluding carboxylic acids is 1. The Morgan fingerprint density at radius 3 is 2.74 bits per heavy atom.